The number of aryl methyl sites for hydroxylation is 1. The first-order valence-corrected chi connectivity index (χ1v) is 5.93. The maximum Gasteiger partial charge on any atom is 0.142 e. The average Bonchev–Trinajstić information content (AvgIpc) is 2.27. The zero-order valence-corrected chi connectivity index (χ0v) is 11.1. The predicted octanol–water partition coefficient (Wildman–Crippen LogP) is 4.72. The highest BCUT2D eigenvalue weighted by atomic mass is 35.5. The van der Waals surface area contributed by atoms with Crippen LogP contribution in [0.2, 0.25) is 15.1 Å². The minimum Gasteiger partial charge on any atom is -0.506 e. The fourth-order valence-corrected chi connectivity index (χ4v) is 2.20. The van der Waals surface area contributed by atoms with Gasteiger partial charge >= 0.3 is 0 Å². The van der Waals surface area contributed by atoms with Gasteiger partial charge in [0.1, 0.15) is 11.4 Å². The number of hydrogen-bond donors (Lipinski definition) is 1. The van der Waals surface area contributed by atoms with Crippen molar-refractivity contribution in [2.45, 2.75) is 6.92 Å². The number of aromatic nitrogens is 1. The molecular weight excluding hydrogens is 280 g/mol. The van der Waals surface area contributed by atoms with Gasteiger partial charge in [0.15, 0.2) is 0 Å². The summed E-state index contributed by atoms with van der Waals surface area (Å²) in [5, 5.41) is 10.9. The van der Waals surface area contributed by atoms with Gasteiger partial charge in [-0.15, -0.1) is 0 Å². The number of nitrogens with zero attached hydrogens (tertiary/aromatic N) is 1. The second-order valence-corrected chi connectivity index (χ2v) is 4.79. The van der Waals surface area contributed by atoms with Crippen LogP contribution in [0.1, 0.15) is 5.56 Å². The van der Waals surface area contributed by atoms with Crippen molar-refractivity contribution in [2.75, 3.05) is 0 Å². The number of pyridine rings is 1. The van der Waals surface area contributed by atoms with Gasteiger partial charge in [-0.1, -0.05) is 34.8 Å². The van der Waals surface area contributed by atoms with Crippen LogP contribution in [0.15, 0.2) is 24.4 Å². The molecule has 88 valence electrons. The Morgan fingerprint density at radius 2 is 1.76 bits per heavy atom. The maximum absolute atomic E-state index is 9.86. The van der Waals surface area contributed by atoms with Crippen LogP contribution >= 0.6 is 34.8 Å². The van der Waals surface area contributed by atoms with E-state index in [2.05, 4.69) is 4.98 Å². The number of hydrogen-bond acceptors (Lipinski definition) is 2. The molecule has 0 spiro atoms. The van der Waals surface area contributed by atoms with E-state index in [9.17, 15) is 5.11 Å². The highest BCUT2D eigenvalue weighted by Gasteiger charge is 2.16. The minimum atomic E-state index is 0.0241. The SMILES string of the molecule is Cc1cnc(-c2c(Cl)ccc(Cl)c2Cl)c(O)c1. The fraction of sp³-hybridized carbons (Fsp3) is 0.0833. The normalized spacial score (nSPS) is 10.6. The van der Waals surface area contributed by atoms with E-state index in [-0.39, 0.29) is 10.8 Å². The summed E-state index contributed by atoms with van der Waals surface area (Å²) in [6.07, 6.45) is 1.63. The monoisotopic (exact) mass is 287 g/mol. The summed E-state index contributed by atoms with van der Waals surface area (Å²) in [5.41, 5.74) is 1.62. The quantitative estimate of drug-likeness (QED) is 0.770. The van der Waals surface area contributed by atoms with Crippen LogP contribution in [0.4, 0.5) is 0 Å². The van der Waals surface area contributed by atoms with Gasteiger partial charge in [-0.25, -0.2) is 0 Å². The number of benzene rings is 1. The lowest BCUT2D eigenvalue weighted by atomic mass is 10.1. The second-order valence-electron chi connectivity index (χ2n) is 3.60. The molecule has 0 amide bonds. The molecule has 0 saturated carbocycles. The summed E-state index contributed by atoms with van der Waals surface area (Å²) in [7, 11) is 0. The first kappa shape index (κ1) is 12.5. The summed E-state index contributed by atoms with van der Waals surface area (Å²) in [6.45, 7) is 1.83. The summed E-state index contributed by atoms with van der Waals surface area (Å²) in [4.78, 5) is 4.13. The molecule has 0 bridgehead atoms. The Hall–Kier alpha value is -0.960. The zero-order chi connectivity index (χ0) is 12.6. The van der Waals surface area contributed by atoms with Crippen LogP contribution in [-0.2, 0) is 0 Å². The summed E-state index contributed by atoms with van der Waals surface area (Å²) in [5.74, 6) is 0.0241. The third kappa shape index (κ3) is 2.34. The standard InChI is InChI=1S/C12H8Cl3NO/c1-6-4-9(17)12(16-5-6)10-7(13)2-3-8(14)11(10)15/h2-5,17H,1H3. The van der Waals surface area contributed by atoms with E-state index in [1.54, 1.807) is 24.4 Å². The molecule has 1 aromatic heterocycles. The van der Waals surface area contributed by atoms with Gasteiger partial charge in [0.25, 0.3) is 0 Å². The Labute approximate surface area is 114 Å². The van der Waals surface area contributed by atoms with E-state index in [1.165, 1.54) is 0 Å². The van der Waals surface area contributed by atoms with Crippen molar-refractivity contribution in [3.8, 4) is 17.0 Å². The molecule has 5 heteroatoms. The molecule has 0 aliphatic heterocycles. The van der Waals surface area contributed by atoms with Crippen LogP contribution < -0.4 is 0 Å². The molecular formula is C12H8Cl3NO. The lowest BCUT2D eigenvalue weighted by molar-refractivity contribution is 0.474. The fourth-order valence-electron chi connectivity index (χ4n) is 1.49. The third-order valence-electron chi connectivity index (χ3n) is 2.29. The summed E-state index contributed by atoms with van der Waals surface area (Å²) in [6, 6.07) is 4.81. The van der Waals surface area contributed by atoms with E-state index in [1.807, 2.05) is 6.92 Å². The first-order valence-electron chi connectivity index (χ1n) is 4.80. The first-order chi connectivity index (χ1) is 8.00. The minimum absolute atomic E-state index is 0.0241. The van der Waals surface area contributed by atoms with Gasteiger partial charge in [0, 0.05) is 11.8 Å². The number of aromatic hydroxyl groups is 1. The van der Waals surface area contributed by atoms with Crippen molar-refractivity contribution in [1.82, 2.24) is 4.98 Å². The number of rotatable bonds is 1. The summed E-state index contributed by atoms with van der Waals surface area (Å²) >= 11 is 18.1. The van der Waals surface area contributed by atoms with E-state index in [0.29, 0.717) is 21.3 Å². The molecule has 2 nitrogen and oxygen atoms in total. The molecule has 0 atom stereocenters. The molecule has 0 saturated heterocycles. The second kappa shape index (κ2) is 4.73. The third-order valence-corrected chi connectivity index (χ3v) is 3.40. The molecule has 0 aliphatic carbocycles. The van der Waals surface area contributed by atoms with Gasteiger partial charge in [-0.2, -0.15) is 0 Å². The van der Waals surface area contributed by atoms with Gasteiger partial charge in [0.05, 0.1) is 15.1 Å². The van der Waals surface area contributed by atoms with Crippen molar-refractivity contribution in [3.63, 3.8) is 0 Å². The van der Waals surface area contributed by atoms with Gasteiger partial charge in [-0.05, 0) is 30.7 Å². The van der Waals surface area contributed by atoms with Gasteiger partial charge < -0.3 is 5.11 Å². The molecule has 2 aromatic rings. The maximum atomic E-state index is 9.86. The number of halogens is 3. The highest BCUT2D eigenvalue weighted by Crippen LogP contribution is 2.41. The lowest BCUT2D eigenvalue weighted by Crippen LogP contribution is -1.89. The molecule has 0 aliphatic rings. The van der Waals surface area contributed by atoms with Crippen LogP contribution in [0.5, 0.6) is 5.75 Å². The van der Waals surface area contributed by atoms with Crippen LogP contribution in [0.3, 0.4) is 0 Å². The van der Waals surface area contributed by atoms with E-state index in [4.69, 9.17) is 34.8 Å². The van der Waals surface area contributed by atoms with E-state index < -0.39 is 0 Å². The predicted molar refractivity (Wildman–Crippen MR) is 71.1 cm³/mol. The van der Waals surface area contributed by atoms with Crippen molar-refractivity contribution in [2.24, 2.45) is 0 Å². The molecule has 0 unspecified atom stereocenters. The van der Waals surface area contributed by atoms with Gasteiger partial charge in [-0.3, -0.25) is 4.98 Å². The Morgan fingerprint density at radius 1 is 1.12 bits per heavy atom. The van der Waals surface area contributed by atoms with Crippen LogP contribution in [0.25, 0.3) is 11.3 Å². The van der Waals surface area contributed by atoms with Crippen LogP contribution in [0, 0.1) is 6.92 Å². The average molecular weight is 289 g/mol. The lowest BCUT2D eigenvalue weighted by Gasteiger charge is -2.09. The van der Waals surface area contributed by atoms with Crippen molar-refractivity contribution in [3.05, 3.63) is 45.0 Å². The van der Waals surface area contributed by atoms with Crippen molar-refractivity contribution < 1.29 is 5.11 Å². The Morgan fingerprint density at radius 3 is 2.41 bits per heavy atom. The smallest absolute Gasteiger partial charge is 0.142 e. The van der Waals surface area contributed by atoms with Crippen LogP contribution in [-0.4, -0.2) is 10.1 Å². The molecule has 1 N–H and O–H groups in total. The molecule has 0 radical (unpaired) electrons. The van der Waals surface area contributed by atoms with Crippen molar-refractivity contribution >= 4 is 34.8 Å². The Balaban J connectivity index is 2.72. The topological polar surface area (TPSA) is 33.1 Å². The Kier molecular flexibility index (Phi) is 3.48. The molecule has 1 heterocycles. The van der Waals surface area contributed by atoms with E-state index in [0.717, 1.165) is 5.56 Å². The highest BCUT2D eigenvalue weighted by molar-refractivity contribution is 6.46. The molecule has 1 aromatic carbocycles. The summed E-state index contributed by atoms with van der Waals surface area (Å²) < 4.78 is 0. The zero-order valence-electron chi connectivity index (χ0n) is 8.84. The molecule has 2 rings (SSSR count). The largest absolute Gasteiger partial charge is 0.506 e. The van der Waals surface area contributed by atoms with E-state index >= 15 is 0 Å². The molecule has 17 heavy (non-hydrogen) atoms. The Bertz CT molecular complexity index is 584. The van der Waals surface area contributed by atoms with Crippen molar-refractivity contribution in [1.29, 1.82) is 0 Å². The molecule has 0 fully saturated rings. The van der Waals surface area contributed by atoms with Gasteiger partial charge in [0.2, 0.25) is 0 Å².